The molecule has 0 radical (unpaired) electrons. The zero-order valence-electron chi connectivity index (χ0n) is 19.1. The van der Waals surface area contributed by atoms with Crippen molar-refractivity contribution in [3.63, 3.8) is 0 Å². The van der Waals surface area contributed by atoms with E-state index in [1.807, 2.05) is 62.4 Å². The normalized spacial score (nSPS) is 13.6. The Morgan fingerprint density at radius 2 is 1.39 bits per heavy atom. The molecule has 0 fully saturated rings. The minimum atomic E-state index is -3.55. The third-order valence-corrected chi connectivity index (χ3v) is 7.97. The van der Waals surface area contributed by atoms with Gasteiger partial charge in [-0.1, -0.05) is 50.6 Å². The van der Waals surface area contributed by atoms with Crippen LogP contribution < -0.4 is 9.47 Å². The van der Waals surface area contributed by atoms with Crippen molar-refractivity contribution in [1.82, 2.24) is 4.31 Å². The number of hydrogen-bond acceptors (Lipinski definition) is 4. The highest BCUT2D eigenvalue weighted by Crippen LogP contribution is 2.28. The third-order valence-electron chi connectivity index (χ3n) is 5.52. The SMILES string of the molecule is C=CCC(C)C(CCC)S(=O)(=O)N(Cc1ccc(OC)cc1)Cc1ccc(OC)cc1. The Morgan fingerprint density at radius 3 is 1.74 bits per heavy atom. The first-order valence-corrected chi connectivity index (χ1v) is 12.2. The van der Waals surface area contributed by atoms with E-state index in [0.717, 1.165) is 29.0 Å². The second-order valence-corrected chi connectivity index (χ2v) is 9.99. The topological polar surface area (TPSA) is 55.8 Å². The van der Waals surface area contributed by atoms with Crippen molar-refractivity contribution in [3.05, 3.63) is 72.3 Å². The van der Waals surface area contributed by atoms with E-state index in [-0.39, 0.29) is 5.92 Å². The van der Waals surface area contributed by atoms with Gasteiger partial charge in [-0.05, 0) is 54.2 Å². The highest BCUT2D eigenvalue weighted by atomic mass is 32.2. The maximum absolute atomic E-state index is 13.8. The van der Waals surface area contributed by atoms with Gasteiger partial charge in [0.05, 0.1) is 19.5 Å². The van der Waals surface area contributed by atoms with Crippen LogP contribution in [0.25, 0.3) is 0 Å². The zero-order valence-corrected chi connectivity index (χ0v) is 19.9. The minimum absolute atomic E-state index is 0.00307. The van der Waals surface area contributed by atoms with E-state index in [9.17, 15) is 8.42 Å². The summed E-state index contributed by atoms with van der Waals surface area (Å²) in [6, 6.07) is 15.1. The van der Waals surface area contributed by atoms with Crippen LogP contribution in [0.3, 0.4) is 0 Å². The lowest BCUT2D eigenvalue weighted by molar-refractivity contribution is 0.373. The van der Waals surface area contributed by atoms with Gasteiger partial charge in [0.2, 0.25) is 10.0 Å². The molecule has 6 heteroatoms. The molecule has 31 heavy (non-hydrogen) atoms. The number of hydrogen-bond donors (Lipinski definition) is 0. The van der Waals surface area contributed by atoms with Gasteiger partial charge in [0.1, 0.15) is 11.5 Å². The summed E-state index contributed by atoms with van der Waals surface area (Å²) in [5.74, 6) is 1.49. The number of rotatable bonds is 13. The summed E-state index contributed by atoms with van der Waals surface area (Å²) in [5, 5.41) is -0.452. The minimum Gasteiger partial charge on any atom is -0.497 e. The van der Waals surface area contributed by atoms with Crippen LogP contribution >= 0.6 is 0 Å². The van der Waals surface area contributed by atoms with Crippen LogP contribution in [0, 0.1) is 5.92 Å². The lowest BCUT2D eigenvalue weighted by atomic mass is 10.0. The number of allylic oxidation sites excluding steroid dienone is 1. The molecule has 0 bridgehead atoms. The van der Waals surface area contributed by atoms with Gasteiger partial charge in [-0.25, -0.2) is 8.42 Å². The second kappa shape index (κ2) is 11.9. The van der Waals surface area contributed by atoms with Crippen molar-refractivity contribution in [3.8, 4) is 11.5 Å². The third kappa shape index (κ3) is 6.84. The first-order valence-electron chi connectivity index (χ1n) is 10.7. The van der Waals surface area contributed by atoms with Gasteiger partial charge < -0.3 is 9.47 Å². The lowest BCUT2D eigenvalue weighted by Crippen LogP contribution is -2.41. The summed E-state index contributed by atoms with van der Waals surface area (Å²) in [5.41, 5.74) is 1.84. The van der Waals surface area contributed by atoms with Gasteiger partial charge in [-0.2, -0.15) is 4.31 Å². The van der Waals surface area contributed by atoms with E-state index in [1.165, 1.54) is 0 Å². The molecule has 0 saturated heterocycles. The van der Waals surface area contributed by atoms with Crippen LogP contribution in [-0.4, -0.2) is 32.2 Å². The predicted molar refractivity (Wildman–Crippen MR) is 127 cm³/mol. The van der Waals surface area contributed by atoms with Crippen molar-refractivity contribution in [2.75, 3.05) is 14.2 Å². The van der Waals surface area contributed by atoms with Crippen molar-refractivity contribution >= 4 is 10.0 Å². The maximum atomic E-state index is 13.8. The molecule has 5 nitrogen and oxygen atoms in total. The van der Waals surface area contributed by atoms with E-state index < -0.39 is 15.3 Å². The van der Waals surface area contributed by atoms with Crippen LogP contribution in [0.5, 0.6) is 11.5 Å². The molecule has 0 spiro atoms. The summed E-state index contributed by atoms with van der Waals surface area (Å²) in [4.78, 5) is 0. The van der Waals surface area contributed by atoms with E-state index in [2.05, 4.69) is 6.58 Å². The number of sulfonamides is 1. The van der Waals surface area contributed by atoms with Gasteiger partial charge >= 0.3 is 0 Å². The molecule has 0 saturated carbocycles. The predicted octanol–water partition coefficient (Wildman–Crippen LogP) is 5.42. The van der Waals surface area contributed by atoms with Crippen LogP contribution in [0.1, 0.15) is 44.2 Å². The van der Waals surface area contributed by atoms with Gasteiger partial charge in [-0.15, -0.1) is 6.58 Å². The molecular weight excluding hydrogens is 410 g/mol. The highest BCUT2D eigenvalue weighted by Gasteiger charge is 2.35. The number of nitrogens with zero attached hydrogens (tertiary/aromatic N) is 1. The molecule has 2 aromatic carbocycles. The number of methoxy groups -OCH3 is 2. The summed E-state index contributed by atoms with van der Waals surface area (Å²) >= 11 is 0. The molecule has 0 aliphatic heterocycles. The van der Waals surface area contributed by atoms with Gasteiger partial charge in [-0.3, -0.25) is 0 Å². The molecule has 2 aromatic rings. The molecule has 0 aliphatic carbocycles. The highest BCUT2D eigenvalue weighted by molar-refractivity contribution is 7.89. The molecule has 170 valence electrons. The second-order valence-electron chi connectivity index (χ2n) is 7.84. The Hall–Kier alpha value is -2.31. The standard InChI is InChI=1S/C25H35NO4S/c1-6-8-20(3)25(9-7-2)31(27,28)26(18-21-10-14-23(29-4)15-11-21)19-22-12-16-24(30-5)17-13-22/h6,10-17,20,25H,1,7-9,18-19H2,2-5H3. The maximum Gasteiger partial charge on any atom is 0.217 e. The molecule has 0 amide bonds. The molecule has 0 aromatic heterocycles. The van der Waals surface area contributed by atoms with E-state index >= 15 is 0 Å². The largest absolute Gasteiger partial charge is 0.497 e. The van der Waals surface area contributed by atoms with Gasteiger partial charge in [0.25, 0.3) is 0 Å². The Morgan fingerprint density at radius 1 is 0.935 bits per heavy atom. The molecule has 2 atom stereocenters. The monoisotopic (exact) mass is 445 g/mol. The van der Waals surface area contributed by atoms with Crippen molar-refractivity contribution < 1.29 is 17.9 Å². The molecule has 0 aliphatic rings. The fourth-order valence-electron chi connectivity index (χ4n) is 3.72. The quantitative estimate of drug-likeness (QED) is 0.387. The average molecular weight is 446 g/mol. The molecule has 0 N–H and O–H groups in total. The molecule has 2 rings (SSSR count). The molecule has 0 heterocycles. The fourth-order valence-corrected chi connectivity index (χ4v) is 6.00. The Kier molecular flexibility index (Phi) is 9.59. The summed E-state index contributed by atoms with van der Waals surface area (Å²) < 4.78 is 39.7. The summed E-state index contributed by atoms with van der Waals surface area (Å²) in [6.45, 7) is 8.44. The first kappa shape index (κ1) is 25.0. The summed E-state index contributed by atoms with van der Waals surface area (Å²) in [7, 11) is -0.318. The average Bonchev–Trinajstić information content (AvgIpc) is 2.78. The number of ether oxygens (including phenoxy) is 2. The van der Waals surface area contributed by atoms with Crippen molar-refractivity contribution in [2.45, 2.75) is 51.4 Å². The smallest absolute Gasteiger partial charge is 0.217 e. The van der Waals surface area contributed by atoms with Crippen LogP contribution in [0.2, 0.25) is 0 Å². The Labute approximate surface area is 187 Å². The van der Waals surface area contributed by atoms with Gasteiger partial charge in [0.15, 0.2) is 0 Å². The number of benzene rings is 2. The summed E-state index contributed by atoms with van der Waals surface area (Å²) in [6.07, 6.45) is 3.91. The molecule has 2 unspecified atom stereocenters. The van der Waals surface area contributed by atoms with Crippen molar-refractivity contribution in [1.29, 1.82) is 0 Å². The van der Waals surface area contributed by atoms with Crippen LogP contribution in [0.15, 0.2) is 61.2 Å². The zero-order chi connectivity index (χ0) is 22.9. The van der Waals surface area contributed by atoms with E-state index in [4.69, 9.17) is 9.47 Å². The van der Waals surface area contributed by atoms with Crippen molar-refractivity contribution in [2.24, 2.45) is 5.92 Å². The van der Waals surface area contributed by atoms with E-state index in [0.29, 0.717) is 25.9 Å². The Bertz CT molecular complexity index is 858. The lowest BCUT2D eigenvalue weighted by Gasteiger charge is -2.31. The first-order chi connectivity index (χ1) is 14.8. The van der Waals surface area contributed by atoms with E-state index in [1.54, 1.807) is 24.6 Å². The molecular formula is C25H35NO4S. The fraction of sp³-hybridized carbons (Fsp3) is 0.440. The Balaban J connectivity index is 2.39. The van der Waals surface area contributed by atoms with Crippen LogP contribution in [-0.2, 0) is 23.1 Å². The van der Waals surface area contributed by atoms with Gasteiger partial charge in [0, 0.05) is 13.1 Å². The van der Waals surface area contributed by atoms with Crippen LogP contribution in [0.4, 0.5) is 0 Å².